The fourth-order valence-corrected chi connectivity index (χ4v) is 8.25. The van der Waals surface area contributed by atoms with Crippen LogP contribution < -0.4 is 15.8 Å². The summed E-state index contributed by atoms with van der Waals surface area (Å²) < 4.78 is 63.7. The maximum Gasteiger partial charge on any atom is 0.276 e. The van der Waals surface area contributed by atoms with E-state index in [2.05, 4.69) is 20.2 Å². The molecule has 3 aromatic rings. The molecule has 7 rings (SSSR count). The highest BCUT2D eigenvalue weighted by Crippen LogP contribution is 2.42. The van der Waals surface area contributed by atoms with Crippen molar-refractivity contribution in [2.45, 2.75) is 70.4 Å². The van der Waals surface area contributed by atoms with Gasteiger partial charge >= 0.3 is 0 Å². The van der Waals surface area contributed by atoms with Gasteiger partial charge in [0.15, 0.2) is 9.84 Å². The molecule has 1 N–H and O–H groups in total. The smallest absolute Gasteiger partial charge is 0.276 e. The van der Waals surface area contributed by atoms with Crippen LogP contribution >= 0.6 is 0 Å². The number of pyridine rings is 1. The maximum atomic E-state index is 15.9. The number of nitrogens with one attached hydrogen (secondary N) is 1. The van der Waals surface area contributed by atoms with Crippen molar-refractivity contribution in [1.82, 2.24) is 19.4 Å². The van der Waals surface area contributed by atoms with Crippen molar-refractivity contribution in [1.29, 1.82) is 0 Å². The molecule has 13 heteroatoms. The van der Waals surface area contributed by atoms with Gasteiger partial charge in [0.25, 0.3) is 11.5 Å². The topological polar surface area (TPSA) is 110 Å². The molecule has 0 aliphatic carbocycles. The van der Waals surface area contributed by atoms with Crippen LogP contribution in [0.5, 0.6) is 0 Å². The second-order valence-corrected chi connectivity index (χ2v) is 15.5. The van der Waals surface area contributed by atoms with Crippen molar-refractivity contribution in [3.8, 4) is 0 Å². The third kappa shape index (κ3) is 7.78. The van der Waals surface area contributed by atoms with Crippen LogP contribution in [0.1, 0.15) is 69.0 Å². The first kappa shape index (κ1) is 33.7. The van der Waals surface area contributed by atoms with Crippen molar-refractivity contribution in [2.75, 3.05) is 67.7 Å². The number of anilines is 2. The summed E-state index contributed by atoms with van der Waals surface area (Å²) in [4.78, 5) is 27.0. The molecule has 4 aliphatic heterocycles. The van der Waals surface area contributed by atoms with Crippen LogP contribution in [0.25, 0.3) is 11.0 Å². The Hall–Kier alpha value is -3.16. The molecule has 4 aliphatic rings. The number of hydrogen-bond acceptors (Lipinski definition) is 9. The molecule has 2 fully saturated rings. The minimum Gasteiger partial charge on any atom is -0.381 e. The molecule has 1 aromatic carbocycles. The van der Waals surface area contributed by atoms with Crippen LogP contribution in [0.2, 0.25) is 0 Å². The first-order chi connectivity index (χ1) is 22.6. The number of alkyl halides is 2. The lowest BCUT2D eigenvalue weighted by atomic mass is 9.85. The zero-order valence-corrected chi connectivity index (χ0v) is 28.0. The summed E-state index contributed by atoms with van der Waals surface area (Å²) in [6.45, 7) is 6.20. The molecule has 1 atom stereocenters. The van der Waals surface area contributed by atoms with Crippen LogP contribution in [0, 0.1) is 5.92 Å². The number of ether oxygens (including phenoxy) is 1. The van der Waals surface area contributed by atoms with Gasteiger partial charge in [0, 0.05) is 50.4 Å². The van der Waals surface area contributed by atoms with E-state index in [1.807, 2.05) is 17.9 Å². The number of sulfone groups is 1. The highest BCUT2D eigenvalue weighted by molar-refractivity contribution is 7.91. The Morgan fingerprint density at radius 3 is 2.45 bits per heavy atom. The minimum absolute atomic E-state index is 0.0220. The van der Waals surface area contributed by atoms with Crippen molar-refractivity contribution >= 4 is 32.4 Å². The lowest BCUT2D eigenvalue weighted by Gasteiger charge is -2.36. The summed E-state index contributed by atoms with van der Waals surface area (Å²) >= 11 is 0. The van der Waals surface area contributed by atoms with Crippen molar-refractivity contribution in [3.63, 3.8) is 0 Å². The first-order valence-corrected chi connectivity index (χ1v) is 18.8. The Balaban J connectivity index is 1.34. The molecule has 0 unspecified atom stereocenters. The largest absolute Gasteiger partial charge is 0.381 e. The summed E-state index contributed by atoms with van der Waals surface area (Å²) in [6.07, 6.45) is 7.07. The second kappa shape index (κ2) is 14.5. The van der Waals surface area contributed by atoms with Gasteiger partial charge in [-0.05, 0) is 76.4 Å². The number of nitrogens with zero attached hydrogens (tertiary/aromatic N) is 5. The number of aryl methyl sites for hydroxylation is 1. The highest BCUT2D eigenvalue weighted by Gasteiger charge is 2.42. The van der Waals surface area contributed by atoms with Crippen LogP contribution in [0.4, 0.5) is 20.3 Å². The van der Waals surface area contributed by atoms with E-state index in [-0.39, 0.29) is 41.8 Å². The van der Waals surface area contributed by atoms with E-state index in [0.717, 1.165) is 32.2 Å². The molecule has 2 aromatic heterocycles. The summed E-state index contributed by atoms with van der Waals surface area (Å²) in [6, 6.07) is 8.01. The average molecular weight is 673 g/mol. The van der Waals surface area contributed by atoms with Gasteiger partial charge in [0.2, 0.25) is 0 Å². The van der Waals surface area contributed by atoms with Crippen molar-refractivity contribution < 1.29 is 21.9 Å². The van der Waals surface area contributed by atoms with Gasteiger partial charge in [-0.15, -0.1) is 0 Å². The lowest BCUT2D eigenvalue weighted by Crippen LogP contribution is -2.43. The van der Waals surface area contributed by atoms with Gasteiger partial charge in [-0.1, -0.05) is 31.0 Å². The Kier molecular flexibility index (Phi) is 10.4. The molecular weight excluding hydrogens is 626 g/mol. The average Bonchev–Trinajstić information content (AvgIpc) is 3.06. The van der Waals surface area contributed by atoms with E-state index in [0.29, 0.717) is 80.2 Å². The number of piperidine rings is 1. The normalized spacial score (nSPS) is 26.0. The fraction of sp³-hybridized carbons (Fsp3) is 0.618. The molecule has 47 heavy (non-hydrogen) atoms. The molecule has 8 bridgehead atoms. The fourth-order valence-electron chi connectivity index (χ4n) is 7.05. The number of rotatable bonds is 1. The van der Waals surface area contributed by atoms with Crippen LogP contribution in [0.15, 0.2) is 41.5 Å². The van der Waals surface area contributed by atoms with E-state index in [1.165, 1.54) is 12.4 Å². The Morgan fingerprint density at radius 2 is 1.66 bits per heavy atom. The van der Waals surface area contributed by atoms with Gasteiger partial charge in [0.1, 0.15) is 23.5 Å². The van der Waals surface area contributed by atoms with E-state index < -0.39 is 21.7 Å². The van der Waals surface area contributed by atoms with Gasteiger partial charge in [-0.2, -0.15) is 0 Å². The Morgan fingerprint density at radius 1 is 0.915 bits per heavy atom. The Bertz CT molecular complexity index is 1700. The van der Waals surface area contributed by atoms with Gasteiger partial charge in [-0.25, -0.2) is 27.2 Å². The molecule has 0 radical (unpaired) electrons. The molecule has 0 saturated carbocycles. The predicted molar refractivity (Wildman–Crippen MR) is 180 cm³/mol. The van der Waals surface area contributed by atoms with E-state index in [9.17, 15) is 13.2 Å². The van der Waals surface area contributed by atoms with Crippen molar-refractivity contribution in [2.24, 2.45) is 5.92 Å². The SMILES string of the molecule is C[C@H]1Nc2ncnc3c2cc(N2CCS(=O)(=O)CC2)c(=O)n3CCCOCCCCCCN2CCC(CC2)C(F)(F)c2cccc1c2. The van der Waals surface area contributed by atoms with Gasteiger partial charge < -0.3 is 19.9 Å². The lowest BCUT2D eigenvalue weighted by molar-refractivity contribution is -0.0855. The van der Waals surface area contributed by atoms with Crippen LogP contribution in [-0.4, -0.2) is 85.3 Å². The zero-order valence-electron chi connectivity index (χ0n) is 27.2. The molecule has 0 amide bonds. The van der Waals surface area contributed by atoms with Crippen LogP contribution in [-0.2, 0) is 27.0 Å². The second-order valence-electron chi connectivity index (χ2n) is 13.2. The quantitative estimate of drug-likeness (QED) is 0.383. The third-order valence-electron chi connectivity index (χ3n) is 9.96. The molecule has 6 heterocycles. The van der Waals surface area contributed by atoms with E-state index in [1.54, 1.807) is 22.8 Å². The summed E-state index contributed by atoms with van der Waals surface area (Å²) in [5.41, 5.74) is 1.34. The zero-order chi connectivity index (χ0) is 33.0. The summed E-state index contributed by atoms with van der Waals surface area (Å²) in [7, 11) is -3.15. The molecular formula is C34H46F2N6O4S. The number of hydrogen-bond donors (Lipinski definition) is 1. The third-order valence-corrected chi connectivity index (χ3v) is 11.6. The predicted octanol–water partition coefficient (Wildman–Crippen LogP) is 4.98. The monoisotopic (exact) mass is 672 g/mol. The Labute approximate surface area is 275 Å². The highest BCUT2D eigenvalue weighted by atomic mass is 32.2. The van der Waals surface area contributed by atoms with Gasteiger partial charge in [0.05, 0.1) is 16.9 Å². The number of benzene rings is 1. The van der Waals surface area contributed by atoms with E-state index >= 15 is 8.78 Å². The molecule has 2 saturated heterocycles. The minimum atomic E-state index is -3.15. The summed E-state index contributed by atoms with van der Waals surface area (Å²) in [5.74, 6) is -3.22. The van der Waals surface area contributed by atoms with E-state index in [4.69, 9.17) is 4.74 Å². The number of halogens is 2. The maximum absolute atomic E-state index is 15.9. The molecule has 256 valence electrons. The van der Waals surface area contributed by atoms with Gasteiger partial charge in [-0.3, -0.25) is 9.36 Å². The van der Waals surface area contributed by atoms with Crippen LogP contribution in [0.3, 0.4) is 0 Å². The first-order valence-electron chi connectivity index (χ1n) is 17.0. The van der Waals surface area contributed by atoms with Crippen molar-refractivity contribution in [3.05, 3.63) is 58.1 Å². The molecule has 0 spiro atoms. The summed E-state index contributed by atoms with van der Waals surface area (Å²) in [5, 5.41) is 4.01. The molecule has 10 nitrogen and oxygen atoms in total. The standard InChI is InChI=1S/C34H46F2N6O4S/c1-25-26-8-6-9-28(22-26)34(35,36)27-10-14-40(15-11-27)12-4-2-3-5-18-46-19-7-13-42-32-29(31(39-25)37-24-38-32)23-30(33(42)43)41-16-20-47(44,45)21-17-41/h6,8-9,22-25,27H,2-5,7,10-21H2,1H3,(H,37,38,39)/t25-/m1/s1. The number of aromatic nitrogens is 3. The number of fused-ring (bicyclic) bond motifs is 12.